The first-order valence-electron chi connectivity index (χ1n) is 10.4. The molecule has 0 radical (unpaired) electrons. The molecule has 8 nitrogen and oxygen atoms in total. The van der Waals surface area contributed by atoms with E-state index < -0.39 is 40.3 Å². The Morgan fingerprint density at radius 3 is 2.69 bits per heavy atom. The molecule has 2 atom stereocenters. The molecule has 32 heavy (non-hydrogen) atoms. The molecule has 1 aromatic heterocycles. The first-order chi connectivity index (χ1) is 15.1. The van der Waals surface area contributed by atoms with Crippen LogP contribution in [0.15, 0.2) is 29.2 Å². The van der Waals surface area contributed by atoms with E-state index in [0.29, 0.717) is 19.0 Å². The van der Waals surface area contributed by atoms with Crippen molar-refractivity contribution in [3.63, 3.8) is 0 Å². The summed E-state index contributed by atoms with van der Waals surface area (Å²) in [5.41, 5.74) is -2.20. The van der Waals surface area contributed by atoms with Crippen molar-refractivity contribution in [3.05, 3.63) is 63.1 Å². The first kappa shape index (κ1) is 21.8. The Balaban J connectivity index is 1.74. The zero-order valence-corrected chi connectivity index (χ0v) is 18.0. The second-order valence-corrected chi connectivity index (χ2v) is 8.33. The Labute approximate surface area is 183 Å². The molecule has 10 heteroatoms. The fourth-order valence-corrected chi connectivity index (χ4v) is 4.78. The topological polar surface area (TPSA) is 94.9 Å². The average molecular weight is 446 g/mol. The number of nitrogens with one attached hydrogen (secondary N) is 1. The molecule has 2 aliphatic heterocycles. The number of carbonyl (C=O) groups is 2. The smallest absolute Gasteiger partial charge is 0.278 e. The van der Waals surface area contributed by atoms with Crippen LogP contribution < -0.4 is 15.8 Å². The maximum atomic E-state index is 13.9. The number of hydrogen-bond donors (Lipinski definition) is 2. The molecule has 0 spiro atoms. The van der Waals surface area contributed by atoms with Crippen molar-refractivity contribution in [2.24, 2.45) is 0 Å². The number of benzene rings is 1. The number of fused-ring (bicyclic) bond motifs is 3. The van der Waals surface area contributed by atoms with E-state index in [4.69, 9.17) is 0 Å². The summed E-state index contributed by atoms with van der Waals surface area (Å²) >= 11 is 0. The van der Waals surface area contributed by atoms with Crippen LogP contribution in [0.25, 0.3) is 0 Å². The summed E-state index contributed by atoms with van der Waals surface area (Å²) in [6, 6.07) is 2.93. The SMILES string of the molecule is CCN1C(=O)c2c(O)c(=O)c(C(=O)NCc3ccc(F)cc3F)cn2N2[C@H](C)CC[C@@]12C. The summed E-state index contributed by atoms with van der Waals surface area (Å²) in [4.78, 5) is 40.3. The van der Waals surface area contributed by atoms with Gasteiger partial charge in [0.15, 0.2) is 11.4 Å². The predicted octanol–water partition coefficient (Wildman–Crippen LogP) is 2.07. The van der Waals surface area contributed by atoms with Crippen molar-refractivity contribution in [3.8, 4) is 5.75 Å². The molecule has 2 aromatic rings. The molecule has 170 valence electrons. The van der Waals surface area contributed by atoms with Crippen LogP contribution in [0.4, 0.5) is 8.78 Å². The van der Waals surface area contributed by atoms with Gasteiger partial charge in [0.1, 0.15) is 22.9 Å². The van der Waals surface area contributed by atoms with Gasteiger partial charge >= 0.3 is 0 Å². The molecular formula is C22H24F2N4O4. The molecule has 0 aliphatic carbocycles. The molecular weight excluding hydrogens is 422 g/mol. The minimum atomic E-state index is -0.992. The number of pyridine rings is 1. The minimum absolute atomic E-state index is 0.0213. The Morgan fingerprint density at radius 2 is 2.03 bits per heavy atom. The van der Waals surface area contributed by atoms with Crippen molar-refractivity contribution >= 4 is 11.8 Å². The Hall–Kier alpha value is -3.43. The number of rotatable bonds is 4. The van der Waals surface area contributed by atoms with Gasteiger partial charge in [-0.15, -0.1) is 0 Å². The Kier molecular flexibility index (Phi) is 5.18. The number of amides is 2. The molecule has 2 N–H and O–H groups in total. The van der Waals surface area contributed by atoms with E-state index in [0.717, 1.165) is 12.5 Å². The number of aromatic nitrogens is 1. The monoisotopic (exact) mass is 446 g/mol. The van der Waals surface area contributed by atoms with Crippen LogP contribution in [-0.4, -0.2) is 44.7 Å². The summed E-state index contributed by atoms with van der Waals surface area (Å²) < 4.78 is 28.4. The largest absolute Gasteiger partial charge is 0.502 e. The fraction of sp³-hybridized carbons (Fsp3) is 0.409. The molecule has 1 aromatic carbocycles. The van der Waals surface area contributed by atoms with Crippen LogP contribution >= 0.6 is 0 Å². The third-order valence-corrected chi connectivity index (χ3v) is 6.39. The van der Waals surface area contributed by atoms with Crippen molar-refractivity contribution in [2.45, 2.75) is 51.9 Å². The third-order valence-electron chi connectivity index (χ3n) is 6.39. The first-order valence-corrected chi connectivity index (χ1v) is 10.4. The molecule has 0 bridgehead atoms. The average Bonchev–Trinajstić information content (AvgIpc) is 3.04. The molecule has 1 fully saturated rings. The third kappa shape index (κ3) is 3.12. The summed E-state index contributed by atoms with van der Waals surface area (Å²) in [7, 11) is 0. The van der Waals surface area contributed by atoms with Gasteiger partial charge in [-0.05, 0) is 39.7 Å². The molecule has 4 rings (SSSR count). The van der Waals surface area contributed by atoms with Gasteiger partial charge in [-0.1, -0.05) is 6.07 Å². The van der Waals surface area contributed by atoms with Crippen molar-refractivity contribution in [1.82, 2.24) is 14.9 Å². The lowest BCUT2D eigenvalue weighted by Crippen LogP contribution is -2.67. The number of nitrogens with zero attached hydrogens (tertiary/aromatic N) is 3. The molecule has 0 saturated carbocycles. The summed E-state index contributed by atoms with van der Waals surface area (Å²) in [6.07, 6.45) is 2.71. The highest BCUT2D eigenvalue weighted by molar-refractivity contribution is 5.99. The van der Waals surface area contributed by atoms with Gasteiger partial charge in [0, 0.05) is 37.0 Å². The van der Waals surface area contributed by atoms with Gasteiger partial charge in [-0.25, -0.2) is 8.78 Å². The molecule has 1 saturated heterocycles. The number of hydrogen-bond acceptors (Lipinski definition) is 5. The van der Waals surface area contributed by atoms with Gasteiger partial charge in [0.05, 0.1) is 0 Å². The Morgan fingerprint density at radius 1 is 1.31 bits per heavy atom. The van der Waals surface area contributed by atoms with E-state index >= 15 is 0 Å². The zero-order valence-electron chi connectivity index (χ0n) is 18.0. The zero-order chi connectivity index (χ0) is 23.4. The second kappa shape index (κ2) is 7.61. The van der Waals surface area contributed by atoms with Gasteiger partial charge < -0.3 is 15.3 Å². The highest BCUT2D eigenvalue weighted by Crippen LogP contribution is 2.40. The normalized spacial score (nSPS) is 22.0. The lowest BCUT2D eigenvalue weighted by Gasteiger charge is -2.51. The van der Waals surface area contributed by atoms with Gasteiger partial charge in [-0.3, -0.25) is 24.1 Å². The number of carbonyl (C=O) groups excluding carboxylic acids is 2. The van der Waals surface area contributed by atoms with Crippen LogP contribution in [0, 0.1) is 11.6 Å². The maximum absolute atomic E-state index is 13.9. The molecule has 0 unspecified atom stereocenters. The van der Waals surface area contributed by atoms with Gasteiger partial charge in [0.2, 0.25) is 5.43 Å². The van der Waals surface area contributed by atoms with Crippen LogP contribution in [-0.2, 0) is 6.54 Å². The van der Waals surface area contributed by atoms with E-state index in [1.807, 2.05) is 25.8 Å². The highest BCUT2D eigenvalue weighted by Gasteiger charge is 2.52. The van der Waals surface area contributed by atoms with E-state index in [9.17, 15) is 28.3 Å². The van der Waals surface area contributed by atoms with Gasteiger partial charge in [-0.2, -0.15) is 0 Å². The highest BCUT2D eigenvalue weighted by atomic mass is 19.1. The minimum Gasteiger partial charge on any atom is -0.502 e. The van der Waals surface area contributed by atoms with Crippen LogP contribution in [0.2, 0.25) is 0 Å². The van der Waals surface area contributed by atoms with E-state index in [2.05, 4.69) is 5.32 Å². The summed E-state index contributed by atoms with van der Waals surface area (Å²) in [6.45, 7) is 5.80. The predicted molar refractivity (Wildman–Crippen MR) is 112 cm³/mol. The standard InChI is InChI=1S/C22H24F2N4O4/c1-4-26-21(32)17-19(30)18(29)15(11-27(17)28-12(2)7-8-22(26,28)3)20(31)25-10-13-5-6-14(23)9-16(13)24/h5-6,9,11-12,30H,4,7-8,10H2,1-3H3,(H,25,31)/t12-,22+/m1/s1. The van der Waals surface area contributed by atoms with Crippen LogP contribution in [0.5, 0.6) is 5.75 Å². The number of aromatic hydroxyl groups is 1. The van der Waals surface area contributed by atoms with Crippen molar-refractivity contribution < 1.29 is 23.5 Å². The van der Waals surface area contributed by atoms with Crippen molar-refractivity contribution in [1.29, 1.82) is 0 Å². The van der Waals surface area contributed by atoms with E-state index in [1.165, 1.54) is 16.9 Å². The summed E-state index contributed by atoms with van der Waals surface area (Å²) in [5, 5.41) is 14.9. The summed E-state index contributed by atoms with van der Waals surface area (Å²) in [5.74, 6) is -3.72. The lowest BCUT2D eigenvalue weighted by molar-refractivity contribution is 0.0385. The molecule has 2 aliphatic rings. The number of halogens is 2. The van der Waals surface area contributed by atoms with E-state index in [1.54, 1.807) is 4.90 Å². The van der Waals surface area contributed by atoms with E-state index in [-0.39, 0.29) is 29.4 Å². The van der Waals surface area contributed by atoms with Gasteiger partial charge in [0.25, 0.3) is 11.8 Å². The lowest BCUT2D eigenvalue weighted by atomic mass is 10.0. The van der Waals surface area contributed by atoms with Crippen molar-refractivity contribution in [2.75, 3.05) is 11.6 Å². The second-order valence-electron chi connectivity index (χ2n) is 8.33. The molecule has 3 heterocycles. The van der Waals surface area contributed by atoms with Crippen LogP contribution in [0.3, 0.4) is 0 Å². The maximum Gasteiger partial charge on any atom is 0.278 e. The molecule has 2 amide bonds. The fourth-order valence-electron chi connectivity index (χ4n) is 4.78. The Bertz CT molecular complexity index is 1180. The van der Waals surface area contributed by atoms with Crippen LogP contribution in [0.1, 0.15) is 60.0 Å². The quantitative estimate of drug-likeness (QED) is 0.750.